The topological polar surface area (TPSA) is 45.2 Å². The maximum atomic E-state index is 13.9. The molecule has 0 saturated carbocycles. The first-order valence-corrected chi connectivity index (χ1v) is 10.6. The van der Waals surface area contributed by atoms with Crippen LogP contribution in [0.1, 0.15) is 24.8 Å². The first-order chi connectivity index (χ1) is 13.7. The summed E-state index contributed by atoms with van der Waals surface area (Å²) in [5, 5.41) is 3.89. The highest BCUT2D eigenvalue weighted by Crippen LogP contribution is 2.32. The number of piperidine rings is 1. The second-order valence-corrected chi connectivity index (χ2v) is 8.26. The number of halogens is 1. The Kier molecular flexibility index (Phi) is 5.86. The number of anilines is 1. The molecule has 0 aliphatic carbocycles. The van der Waals surface area contributed by atoms with Gasteiger partial charge in [-0.05, 0) is 43.4 Å². The van der Waals surface area contributed by atoms with Crippen molar-refractivity contribution < 1.29 is 9.18 Å². The van der Waals surface area contributed by atoms with Gasteiger partial charge in [0.05, 0.1) is 10.6 Å². The Morgan fingerprint density at radius 3 is 2.89 bits per heavy atom. The summed E-state index contributed by atoms with van der Waals surface area (Å²) in [5.74, 6) is -0.211. The average molecular weight is 398 g/mol. The van der Waals surface area contributed by atoms with Gasteiger partial charge in [-0.1, -0.05) is 47.7 Å². The van der Waals surface area contributed by atoms with Gasteiger partial charge in [0, 0.05) is 19.6 Å². The maximum absolute atomic E-state index is 13.9. The van der Waals surface area contributed by atoms with E-state index in [1.54, 1.807) is 6.07 Å². The zero-order valence-corrected chi connectivity index (χ0v) is 16.6. The van der Waals surface area contributed by atoms with Gasteiger partial charge in [-0.15, -0.1) is 0 Å². The number of benzene rings is 2. The molecule has 1 N–H and O–H groups in total. The Hall–Kier alpha value is -2.47. The van der Waals surface area contributed by atoms with Gasteiger partial charge in [-0.25, -0.2) is 9.37 Å². The molecule has 1 fully saturated rings. The third-order valence-electron chi connectivity index (χ3n) is 5.21. The minimum Gasteiger partial charge on any atom is -0.356 e. The number of rotatable bonds is 6. The molecular formula is C22H24FN3OS. The highest BCUT2D eigenvalue weighted by molar-refractivity contribution is 7.22. The zero-order valence-electron chi connectivity index (χ0n) is 15.7. The average Bonchev–Trinajstić information content (AvgIpc) is 3.18. The van der Waals surface area contributed by atoms with Crippen molar-refractivity contribution in [3.8, 4) is 0 Å². The Morgan fingerprint density at radius 2 is 2.07 bits per heavy atom. The molecule has 6 heteroatoms. The van der Waals surface area contributed by atoms with Crippen LogP contribution < -0.4 is 10.2 Å². The number of nitrogens with one attached hydrogen (secondary N) is 1. The van der Waals surface area contributed by atoms with Gasteiger partial charge in [-0.2, -0.15) is 0 Å². The molecule has 0 bridgehead atoms. The molecule has 1 saturated heterocycles. The molecule has 28 heavy (non-hydrogen) atoms. The number of amides is 1. The predicted octanol–water partition coefficient (Wildman–Crippen LogP) is 4.40. The van der Waals surface area contributed by atoms with Crippen molar-refractivity contribution in [1.29, 1.82) is 0 Å². The van der Waals surface area contributed by atoms with Crippen molar-refractivity contribution >= 4 is 32.6 Å². The second-order valence-electron chi connectivity index (χ2n) is 7.25. The molecule has 1 aliphatic rings. The van der Waals surface area contributed by atoms with Crippen LogP contribution in [0.25, 0.3) is 10.2 Å². The summed E-state index contributed by atoms with van der Waals surface area (Å²) in [6, 6.07) is 15.4. The number of para-hydroxylation sites is 1. The zero-order chi connectivity index (χ0) is 19.3. The number of hydrogen-bond acceptors (Lipinski definition) is 4. The van der Waals surface area contributed by atoms with E-state index in [1.165, 1.54) is 23.0 Å². The van der Waals surface area contributed by atoms with Crippen molar-refractivity contribution in [2.45, 2.75) is 25.7 Å². The largest absolute Gasteiger partial charge is 0.356 e. The van der Waals surface area contributed by atoms with Crippen LogP contribution in [0.3, 0.4) is 0 Å². The van der Waals surface area contributed by atoms with Crippen molar-refractivity contribution in [1.82, 2.24) is 10.3 Å². The normalized spacial score (nSPS) is 17.0. The summed E-state index contributed by atoms with van der Waals surface area (Å²) in [5.41, 5.74) is 1.72. The fourth-order valence-electron chi connectivity index (χ4n) is 3.70. The van der Waals surface area contributed by atoms with Crippen LogP contribution >= 0.6 is 11.3 Å². The SMILES string of the molecule is O=C(NCCCc1ccccc1)C1CCCN(c2nc3c(F)cccc3s2)C1. The Balaban J connectivity index is 1.31. The van der Waals surface area contributed by atoms with E-state index >= 15 is 0 Å². The number of nitrogens with zero attached hydrogens (tertiary/aromatic N) is 2. The first kappa shape index (κ1) is 18.9. The summed E-state index contributed by atoms with van der Waals surface area (Å²) in [7, 11) is 0. The van der Waals surface area contributed by atoms with Crippen LogP contribution in [-0.2, 0) is 11.2 Å². The van der Waals surface area contributed by atoms with E-state index in [4.69, 9.17) is 0 Å². The lowest BCUT2D eigenvalue weighted by Gasteiger charge is -2.31. The summed E-state index contributed by atoms with van der Waals surface area (Å²) >= 11 is 1.49. The lowest BCUT2D eigenvalue weighted by molar-refractivity contribution is -0.125. The monoisotopic (exact) mass is 397 g/mol. The molecule has 1 atom stereocenters. The van der Waals surface area contributed by atoms with Gasteiger partial charge in [0.15, 0.2) is 5.13 Å². The van der Waals surface area contributed by atoms with E-state index < -0.39 is 0 Å². The third kappa shape index (κ3) is 4.33. The van der Waals surface area contributed by atoms with E-state index in [0.717, 1.165) is 42.1 Å². The molecule has 3 aromatic rings. The van der Waals surface area contributed by atoms with E-state index in [1.807, 2.05) is 24.3 Å². The maximum Gasteiger partial charge on any atom is 0.224 e. The van der Waals surface area contributed by atoms with Crippen molar-refractivity contribution in [3.05, 3.63) is 59.9 Å². The molecule has 4 nitrogen and oxygen atoms in total. The van der Waals surface area contributed by atoms with Crippen molar-refractivity contribution in [3.63, 3.8) is 0 Å². The van der Waals surface area contributed by atoms with Gasteiger partial charge in [-0.3, -0.25) is 4.79 Å². The lowest BCUT2D eigenvalue weighted by atomic mass is 9.97. The molecule has 146 valence electrons. The van der Waals surface area contributed by atoms with Crippen LogP contribution in [0, 0.1) is 11.7 Å². The van der Waals surface area contributed by atoms with E-state index in [2.05, 4.69) is 27.3 Å². The number of fused-ring (bicyclic) bond motifs is 1. The predicted molar refractivity (Wildman–Crippen MR) is 112 cm³/mol. The number of aromatic nitrogens is 1. The van der Waals surface area contributed by atoms with Crippen LogP contribution in [0.2, 0.25) is 0 Å². The fraction of sp³-hybridized carbons (Fsp3) is 0.364. The summed E-state index contributed by atoms with van der Waals surface area (Å²) in [6.45, 7) is 2.20. The van der Waals surface area contributed by atoms with Crippen LogP contribution in [0.15, 0.2) is 48.5 Å². The highest BCUT2D eigenvalue weighted by atomic mass is 32.1. The standard InChI is InChI=1S/C22H24FN3OS/c23-18-11-4-12-19-20(18)25-22(28-19)26-14-6-10-17(15-26)21(27)24-13-5-9-16-7-2-1-3-8-16/h1-4,7-8,11-12,17H,5-6,9-10,13-15H2,(H,24,27). The summed E-state index contributed by atoms with van der Waals surface area (Å²) in [6.07, 6.45) is 3.74. The molecule has 1 aliphatic heterocycles. The van der Waals surface area contributed by atoms with Gasteiger partial charge in [0.25, 0.3) is 0 Å². The number of aryl methyl sites for hydroxylation is 1. The van der Waals surface area contributed by atoms with Gasteiger partial charge < -0.3 is 10.2 Å². The fourth-order valence-corrected chi connectivity index (χ4v) is 4.71. The summed E-state index contributed by atoms with van der Waals surface area (Å²) in [4.78, 5) is 19.2. The smallest absolute Gasteiger partial charge is 0.224 e. The van der Waals surface area contributed by atoms with Gasteiger partial charge in [0.2, 0.25) is 5.91 Å². The Morgan fingerprint density at radius 1 is 1.21 bits per heavy atom. The quantitative estimate of drug-likeness (QED) is 0.627. The molecule has 2 heterocycles. The van der Waals surface area contributed by atoms with Gasteiger partial charge in [0.1, 0.15) is 11.3 Å². The molecule has 0 spiro atoms. The van der Waals surface area contributed by atoms with Crippen molar-refractivity contribution in [2.24, 2.45) is 5.92 Å². The number of carbonyl (C=O) groups excluding carboxylic acids is 1. The van der Waals surface area contributed by atoms with E-state index in [-0.39, 0.29) is 17.6 Å². The Labute approximate surface area is 168 Å². The van der Waals surface area contributed by atoms with Crippen LogP contribution in [0.5, 0.6) is 0 Å². The second kappa shape index (κ2) is 8.69. The van der Waals surface area contributed by atoms with E-state index in [0.29, 0.717) is 18.6 Å². The van der Waals surface area contributed by atoms with Crippen LogP contribution in [0.4, 0.5) is 9.52 Å². The lowest BCUT2D eigenvalue weighted by Crippen LogP contribution is -2.43. The van der Waals surface area contributed by atoms with Crippen LogP contribution in [-0.4, -0.2) is 30.5 Å². The molecule has 1 amide bonds. The molecule has 0 radical (unpaired) electrons. The Bertz CT molecular complexity index is 943. The minimum absolute atomic E-state index is 0.0395. The number of thiazole rings is 1. The third-order valence-corrected chi connectivity index (χ3v) is 6.29. The number of carbonyl (C=O) groups is 1. The molecule has 1 unspecified atom stereocenters. The van der Waals surface area contributed by atoms with Gasteiger partial charge >= 0.3 is 0 Å². The molecule has 4 rings (SSSR count). The summed E-state index contributed by atoms with van der Waals surface area (Å²) < 4.78 is 14.8. The minimum atomic E-state index is -0.287. The van der Waals surface area contributed by atoms with E-state index in [9.17, 15) is 9.18 Å². The first-order valence-electron chi connectivity index (χ1n) is 9.82. The molecule has 1 aromatic heterocycles. The van der Waals surface area contributed by atoms with Crippen molar-refractivity contribution in [2.75, 3.05) is 24.5 Å². The molecule has 2 aromatic carbocycles. The molecular weight excluding hydrogens is 373 g/mol. The highest BCUT2D eigenvalue weighted by Gasteiger charge is 2.27. The number of hydrogen-bond donors (Lipinski definition) is 1.